The molecule has 1 aromatic carbocycles. The average molecular weight is 329 g/mol. The molecule has 3 N–H and O–H groups in total. The SMILES string of the molecule is CC1CNCC(COc2ccc(C(N)=O)cc2Br)O1. The number of halogens is 1. The van der Waals surface area contributed by atoms with E-state index < -0.39 is 5.91 Å². The van der Waals surface area contributed by atoms with Gasteiger partial charge in [-0.05, 0) is 41.1 Å². The van der Waals surface area contributed by atoms with E-state index >= 15 is 0 Å². The van der Waals surface area contributed by atoms with Crippen LogP contribution in [0.5, 0.6) is 5.75 Å². The van der Waals surface area contributed by atoms with Gasteiger partial charge in [-0.1, -0.05) is 0 Å². The van der Waals surface area contributed by atoms with E-state index in [-0.39, 0.29) is 12.2 Å². The first-order valence-corrected chi connectivity index (χ1v) is 6.94. The van der Waals surface area contributed by atoms with Gasteiger partial charge in [-0.15, -0.1) is 0 Å². The lowest BCUT2D eigenvalue weighted by Gasteiger charge is -2.28. The van der Waals surface area contributed by atoms with Crippen molar-refractivity contribution in [3.63, 3.8) is 0 Å². The molecule has 104 valence electrons. The summed E-state index contributed by atoms with van der Waals surface area (Å²) in [5.41, 5.74) is 5.66. The van der Waals surface area contributed by atoms with Crippen molar-refractivity contribution in [3.8, 4) is 5.75 Å². The highest BCUT2D eigenvalue weighted by Crippen LogP contribution is 2.26. The normalized spacial score (nSPS) is 23.1. The van der Waals surface area contributed by atoms with Crippen LogP contribution in [0, 0.1) is 0 Å². The summed E-state index contributed by atoms with van der Waals surface area (Å²) in [4.78, 5) is 11.0. The lowest BCUT2D eigenvalue weighted by molar-refractivity contribution is -0.0471. The molecule has 1 aliphatic heterocycles. The molecule has 1 aliphatic rings. The zero-order chi connectivity index (χ0) is 13.8. The minimum absolute atomic E-state index is 0.0338. The van der Waals surface area contributed by atoms with Crippen molar-refractivity contribution in [2.75, 3.05) is 19.7 Å². The number of carbonyl (C=O) groups excluding carboxylic acids is 1. The van der Waals surface area contributed by atoms with Gasteiger partial charge < -0.3 is 20.5 Å². The molecule has 19 heavy (non-hydrogen) atoms. The number of morpholine rings is 1. The third kappa shape index (κ3) is 3.92. The van der Waals surface area contributed by atoms with Gasteiger partial charge >= 0.3 is 0 Å². The highest BCUT2D eigenvalue weighted by molar-refractivity contribution is 9.10. The monoisotopic (exact) mass is 328 g/mol. The predicted octanol–water partition coefficient (Wildman–Crippen LogP) is 1.30. The standard InChI is InChI=1S/C13H17BrN2O3/c1-8-5-16-6-10(19-8)7-18-12-3-2-9(13(15)17)4-11(12)14/h2-4,8,10,16H,5-7H2,1H3,(H2,15,17). The number of hydrogen-bond donors (Lipinski definition) is 2. The molecule has 1 saturated heterocycles. The van der Waals surface area contributed by atoms with E-state index in [1.54, 1.807) is 18.2 Å². The molecule has 0 bridgehead atoms. The van der Waals surface area contributed by atoms with Crippen LogP contribution in [0.1, 0.15) is 17.3 Å². The highest BCUT2D eigenvalue weighted by atomic mass is 79.9. The lowest BCUT2D eigenvalue weighted by atomic mass is 10.2. The van der Waals surface area contributed by atoms with Crippen LogP contribution in [0.25, 0.3) is 0 Å². The van der Waals surface area contributed by atoms with E-state index in [9.17, 15) is 4.79 Å². The van der Waals surface area contributed by atoms with Gasteiger partial charge in [-0.3, -0.25) is 4.79 Å². The Morgan fingerprint density at radius 2 is 2.37 bits per heavy atom. The first-order valence-electron chi connectivity index (χ1n) is 6.14. The van der Waals surface area contributed by atoms with Gasteiger partial charge in [0.25, 0.3) is 0 Å². The van der Waals surface area contributed by atoms with Gasteiger partial charge in [-0.25, -0.2) is 0 Å². The van der Waals surface area contributed by atoms with E-state index in [2.05, 4.69) is 21.2 Å². The number of amides is 1. The Morgan fingerprint density at radius 1 is 1.58 bits per heavy atom. The Morgan fingerprint density at radius 3 is 3.00 bits per heavy atom. The summed E-state index contributed by atoms with van der Waals surface area (Å²) in [6.07, 6.45) is 0.231. The van der Waals surface area contributed by atoms with Crippen LogP contribution in [0.15, 0.2) is 22.7 Å². The molecule has 6 heteroatoms. The smallest absolute Gasteiger partial charge is 0.248 e. The summed E-state index contributed by atoms with van der Waals surface area (Å²) < 4.78 is 12.1. The Bertz CT molecular complexity index is 467. The summed E-state index contributed by atoms with van der Waals surface area (Å²) in [6, 6.07) is 5.02. The third-order valence-electron chi connectivity index (χ3n) is 2.87. The molecule has 1 aromatic rings. The molecule has 0 aromatic heterocycles. The second kappa shape index (κ2) is 6.36. The molecule has 0 aliphatic carbocycles. The van der Waals surface area contributed by atoms with Gasteiger partial charge in [0.2, 0.25) is 5.91 Å². The molecule has 2 atom stereocenters. The first-order chi connectivity index (χ1) is 9.06. The molecule has 2 rings (SSSR count). The van der Waals surface area contributed by atoms with Crippen LogP contribution < -0.4 is 15.8 Å². The predicted molar refractivity (Wildman–Crippen MR) is 75.4 cm³/mol. The number of nitrogens with one attached hydrogen (secondary N) is 1. The maximum absolute atomic E-state index is 11.0. The van der Waals surface area contributed by atoms with Crippen molar-refractivity contribution in [1.82, 2.24) is 5.32 Å². The maximum atomic E-state index is 11.0. The Kier molecular flexibility index (Phi) is 4.79. The largest absolute Gasteiger partial charge is 0.490 e. The number of ether oxygens (including phenoxy) is 2. The molecule has 0 saturated carbocycles. The quantitative estimate of drug-likeness (QED) is 0.873. The number of carbonyl (C=O) groups is 1. The Hall–Kier alpha value is -1.11. The van der Waals surface area contributed by atoms with E-state index in [0.717, 1.165) is 13.1 Å². The molecule has 1 amide bonds. The second-order valence-corrected chi connectivity index (χ2v) is 5.40. The molecule has 1 fully saturated rings. The van der Waals surface area contributed by atoms with Crippen molar-refractivity contribution >= 4 is 21.8 Å². The fourth-order valence-corrected chi connectivity index (χ4v) is 2.42. The van der Waals surface area contributed by atoms with Crippen LogP contribution in [-0.2, 0) is 4.74 Å². The number of rotatable bonds is 4. The second-order valence-electron chi connectivity index (χ2n) is 4.55. The van der Waals surface area contributed by atoms with Crippen molar-refractivity contribution in [2.24, 2.45) is 5.73 Å². The van der Waals surface area contributed by atoms with E-state index in [1.807, 2.05) is 6.92 Å². The number of nitrogens with two attached hydrogens (primary N) is 1. The minimum atomic E-state index is -0.458. The summed E-state index contributed by atoms with van der Waals surface area (Å²) in [6.45, 7) is 4.14. The number of benzene rings is 1. The van der Waals surface area contributed by atoms with Crippen LogP contribution in [0.3, 0.4) is 0 Å². The van der Waals surface area contributed by atoms with Gasteiger partial charge in [0.05, 0.1) is 10.6 Å². The van der Waals surface area contributed by atoms with Crippen LogP contribution in [-0.4, -0.2) is 37.8 Å². The Labute approximate surface area is 120 Å². The summed E-state index contributed by atoms with van der Waals surface area (Å²) in [5.74, 6) is 0.215. The zero-order valence-corrected chi connectivity index (χ0v) is 12.3. The van der Waals surface area contributed by atoms with E-state index in [0.29, 0.717) is 22.4 Å². The maximum Gasteiger partial charge on any atom is 0.248 e. The van der Waals surface area contributed by atoms with Crippen molar-refractivity contribution in [2.45, 2.75) is 19.1 Å². The summed E-state index contributed by atoms with van der Waals surface area (Å²) in [7, 11) is 0. The summed E-state index contributed by atoms with van der Waals surface area (Å²) in [5, 5.41) is 3.28. The van der Waals surface area contributed by atoms with Gasteiger partial charge in [0.1, 0.15) is 18.5 Å². The van der Waals surface area contributed by atoms with E-state index in [4.69, 9.17) is 15.2 Å². The zero-order valence-electron chi connectivity index (χ0n) is 10.7. The average Bonchev–Trinajstić information content (AvgIpc) is 2.37. The fourth-order valence-electron chi connectivity index (χ4n) is 1.92. The molecule has 0 spiro atoms. The van der Waals surface area contributed by atoms with Gasteiger partial charge in [0, 0.05) is 18.7 Å². The van der Waals surface area contributed by atoms with Gasteiger partial charge in [0.15, 0.2) is 0 Å². The third-order valence-corrected chi connectivity index (χ3v) is 3.49. The van der Waals surface area contributed by atoms with Crippen molar-refractivity contribution < 1.29 is 14.3 Å². The highest BCUT2D eigenvalue weighted by Gasteiger charge is 2.19. The van der Waals surface area contributed by atoms with Gasteiger partial charge in [-0.2, -0.15) is 0 Å². The van der Waals surface area contributed by atoms with Crippen LogP contribution in [0.4, 0.5) is 0 Å². The first kappa shape index (κ1) is 14.3. The number of primary amides is 1. The molecule has 5 nitrogen and oxygen atoms in total. The van der Waals surface area contributed by atoms with Crippen LogP contribution in [0.2, 0.25) is 0 Å². The molecule has 2 unspecified atom stereocenters. The Balaban J connectivity index is 1.94. The van der Waals surface area contributed by atoms with Crippen molar-refractivity contribution in [3.05, 3.63) is 28.2 Å². The molecular weight excluding hydrogens is 312 g/mol. The lowest BCUT2D eigenvalue weighted by Crippen LogP contribution is -2.45. The molecule has 1 heterocycles. The number of hydrogen-bond acceptors (Lipinski definition) is 4. The van der Waals surface area contributed by atoms with Crippen molar-refractivity contribution in [1.29, 1.82) is 0 Å². The summed E-state index contributed by atoms with van der Waals surface area (Å²) >= 11 is 3.36. The topological polar surface area (TPSA) is 73.6 Å². The fraction of sp³-hybridized carbons (Fsp3) is 0.462. The molecule has 0 radical (unpaired) electrons. The minimum Gasteiger partial charge on any atom is -0.490 e. The molecular formula is C13H17BrN2O3. The van der Waals surface area contributed by atoms with E-state index in [1.165, 1.54) is 0 Å². The van der Waals surface area contributed by atoms with Crippen LogP contribution >= 0.6 is 15.9 Å².